The Morgan fingerprint density at radius 1 is 0.296 bits per heavy atom. The minimum atomic E-state index is -0.758. The van der Waals surface area contributed by atoms with Gasteiger partial charge in [0.2, 0.25) is 0 Å². The number of ether oxygens (including phenoxy) is 3. The van der Waals surface area contributed by atoms with Crippen molar-refractivity contribution in [1.82, 2.24) is 0 Å². The molecule has 0 fully saturated rings. The first-order valence-electron chi connectivity index (χ1n) is 24.0. The van der Waals surface area contributed by atoms with E-state index in [4.69, 9.17) is 14.2 Å². The van der Waals surface area contributed by atoms with Gasteiger partial charge in [-0.3, -0.25) is 14.4 Å². The molecule has 0 spiro atoms. The molecule has 0 unspecified atom stereocenters. The minimum absolute atomic E-state index is 0.0623. The van der Waals surface area contributed by atoms with Crippen LogP contribution >= 0.6 is 0 Å². The highest BCUT2D eigenvalue weighted by molar-refractivity contribution is 5.71. The topological polar surface area (TPSA) is 78.9 Å². The van der Waals surface area contributed by atoms with Gasteiger partial charge in [-0.25, -0.2) is 0 Å². The summed E-state index contributed by atoms with van der Waals surface area (Å²) in [6, 6.07) is 0. The molecule has 1 atom stereocenters. The lowest BCUT2D eigenvalue weighted by molar-refractivity contribution is -0.167. The lowest BCUT2D eigenvalue weighted by Gasteiger charge is -2.18. The lowest BCUT2D eigenvalue weighted by atomic mass is 10.0. The van der Waals surface area contributed by atoms with Crippen molar-refractivity contribution in [2.24, 2.45) is 0 Å². The summed E-state index contributed by atoms with van der Waals surface area (Å²) in [5.74, 6) is -0.848. The molecule has 0 saturated carbocycles. The molecule has 0 N–H and O–H groups in total. The van der Waals surface area contributed by atoms with Crippen LogP contribution in [-0.4, -0.2) is 37.2 Å². The van der Waals surface area contributed by atoms with Crippen LogP contribution in [0.1, 0.15) is 271 Å². The van der Waals surface area contributed by atoms with Gasteiger partial charge in [0.05, 0.1) is 0 Å². The van der Waals surface area contributed by atoms with Crippen LogP contribution in [0.5, 0.6) is 0 Å². The molecule has 0 aromatic carbocycles. The summed E-state index contributed by atoms with van der Waals surface area (Å²) in [4.78, 5) is 37.7. The Morgan fingerprint density at radius 2 is 0.500 bits per heavy atom. The number of esters is 3. The summed E-state index contributed by atoms with van der Waals surface area (Å²) in [5.41, 5.74) is 0. The second-order valence-corrected chi connectivity index (χ2v) is 16.4. The first-order chi connectivity index (χ1) is 26.5. The van der Waals surface area contributed by atoms with Gasteiger partial charge in [-0.05, 0) is 19.3 Å². The molecule has 0 aliphatic rings. The Morgan fingerprint density at radius 3 is 0.741 bits per heavy atom. The predicted octanol–water partition coefficient (Wildman–Crippen LogP) is 15.3. The number of carbonyl (C=O) groups excluding carboxylic acids is 3. The van der Waals surface area contributed by atoms with Gasteiger partial charge < -0.3 is 14.2 Å². The van der Waals surface area contributed by atoms with Crippen molar-refractivity contribution in [1.29, 1.82) is 0 Å². The van der Waals surface area contributed by atoms with Crippen LogP contribution in [0.3, 0.4) is 0 Å². The van der Waals surface area contributed by atoms with E-state index in [1.165, 1.54) is 173 Å². The predicted molar refractivity (Wildman–Crippen MR) is 229 cm³/mol. The molecule has 320 valence electrons. The molecule has 0 amide bonds. The molecular formula is C48H92O6. The van der Waals surface area contributed by atoms with Crippen molar-refractivity contribution in [2.45, 2.75) is 277 Å². The molecular weight excluding hydrogens is 673 g/mol. The number of hydrogen-bond donors (Lipinski definition) is 0. The third kappa shape index (κ3) is 41.6. The highest BCUT2D eigenvalue weighted by atomic mass is 16.6. The fourth-order valence-electron chi connectivity index (χ4n) is 7.21. The van der Waals surface area contributed by atoms with Crippen molar-refractivity contribution in [3.05, 3.63) is 0 Å². The third-order valence-electron chi connectivity index (χ3n) is 10.9. The van der Waals surface area contributed by atoms with Crippen molar-refractivity contribution < 1.29 is 28.6 Å². The van der Waals surface area contributed by atoms with E-state index in [-0.39, 0.29) is 31.1 Å². The maximum Gasteiger partial charge on any atom is 0.306 e. The second kappa shape index (κ2) is 44.1. The zero-order chi connectivity index (χ0) is 39.4. The van der Waals surface area contributed by atoms with E-state index in [1.54, 1.807) is 0 Å². The van der Waals surface area contributed by atoms with E-state index in [0.29, 0.717) is 19.3 Å². The molecule has 0 aliphatic heterocycles. The molecule has 0 aromatic heterocycles. The summed E-state index contributed by atoms with van der Waals surface area (Å²) < 4.78 is 16.7. The zero-order valence-electron chi connectivity index (χ0n) is 36.5. The highest BCUT2D eigenvalue weighted by Gasteiger charge is 2.19. The Bertz CT molecular complexity index is 798. The van der Waals surface area contributed by atoms with Gasteiger partial charge in [0.15, 0.2) is 6.10 Å². The van der Waals surface area contributed by atoms with Gasteiger partial charge in [0.25, 0.3) is 0 Å². The van der Waals surface area contributed by atoms with Gasteiger partial charge >= 0.3 is 17.9 Å². The molecule has 0 aliphatic carbocycles. The van der Waals surface area contributed by atoms with Gasteiger partial charge in [-0.15, -0.1) is 0 Å². The molecule has 54 heavy (non-hydrogen) atoms. The largest absolute Gasteiger partial charge is 0.462 e. The normalized spacial score (nSPS) is 11.8. The summed E-state index contributed by atoms with van der Waals surface area (Å²) in [6.45, 7) is 6.65. The minimum Gasteiger partial charge on any atom is -0.462 e. The maximum atomic E-state index is 12.7. The SMILES string of the molecule is CCCCCCCCCCCCCCCCC(=O)OC[C@H](COC(=O)CCCCCCCCCCCCC)OC(=O)CCCCCCCCCCCCC. The number of carbonyl (C=O) groups is 3. The van der Waals surface area contributed by atoms with Crippen LogP contribution in [-0.2, 0) is 28.6 Å². The highest BCUT2D eigenvalue weighted by Crippen LogP contribution is 2.16. The average Bonchev–Trinajstić information content (AvgIpc) is 3.17. The molecule has 0 rings (SSSR count). The first kappa shape index (κ1) is 52.4. The molecule has 6 heteroatoms. The fraction of sp³-hybridized carbons (Fsp3) is 0.938. The molecule has 0 saturated heterocycles. The van der Waals surface area contributed by atoms with Crippen LogP contribution in [0.15, 0.2) is 0 Å². The zero-order valence-corrected chi connectivity index (χ0v) is 36.5. The van der Waals surface area contributed by atoms with Crippen LogP contribution in [0, 0.1) is 0 Å². The summed E-state index contributed by atoms with van der Waals surface area (Å²) >= 11 is 0. The second-order valence-electron chi connectivity index (χ2n) is 16.4. The lowest BCUT2D eigenvalue weighted by Crippen LogP contribution is -2.30. The number of hydrogen-bond acceptors (Lipinski definition) is 6. The molecule has 0 radical (unpaired) electrons. The van der Waals surface area contributed by atoms with Gasteiger partial charge in [-0.1, -0.05) is 233 Å². The van der Waals surface area contributed by atoms with Gasteiger partial charge in [0, 0.05) is 19.3 Å². The summed E-state index contributed by atoms with van der Waals surface area (Å²) in [6.07, 6.45) is 45.1. The number of rotatable bonds is 44. The van der Waals surface area contributed by atoms with Crippen LogP contribution < -0.4 is 0 Å². The van der Waals surface area contributed by atoms with Crippen LogP contribution in [0.2, 0.25) is 0 Å². The quantitative estimate of drug-likeness (QED) is 0.0349. The van der Waals surface area contributed by atoms with E-state index in [1.807, 2.05) is 0 Å². The molecule has 6 nitrogen and oxygen atoms in total. The van der Waals surface area contributed by atoms with E-state index >= 15 is 0 Å². The smallest absolute Gasteiger partial charge is 0.306 e. The first-order valence-corrected chi connectivity index (χ1v) is 24.0. The van der Waals surface area contributed by atoms with E-state index in [0.717, 1.165) is 57.8 Å². The summed E-state index contributed by atoms with van der Waals surface area (Å²) in [5, 5.41) is 0. The van der Waals surface area contributed by atoms with Crippen molar-refractivity contribution >= 4 is 17.9 Å². The van der Waals surface area contributed by atoms with Crippen molar-refractivity contribution in [2.75, 3.05) is 13.2 Å². The van der Waals surface area contributed by atoms with E-state index < -0.39 is 6.10 Å². The standard InChI is InChI=1S/C48H92O6/c1-4-7-10-13-16-19-22-23-24-27-29-32-35-38-41-47(50)53-44-45(54-48(51)42-39-36-33-30-26-21-18-15-12-9-6-3)43-52-46(49)40-37-34-31-28-25-20-17-14-11-8-5-2/h45H,4-44H2,1-3H3/t45-/m0/s1. The van der Waals surface area contributed by atoms with Crippen LogP contribution in [0.25, 0.3) is 0 Å². The van der Waals surface area contributed by atoms with Gasteiger partial charge in [0.1, 0.15) is 13.2 Å². The third-order valence-corrected chi connectivity index (χ3v) is 10.9. The average molecular weight is 765 g/mol. The molecule has 0 heterocycles. The molecule has 0 bridgehead atoms. The monoisotopic (exact) mass is 765 g/mol. The van der Waals surface area contributed by atoms with Crippen molar-refractivity contribution in [3.8, 4) is 0 Å². The van der Waals surface area contributed by atoms with Gasteiger partial charge in [-0.2, -0.15) is 0 Å². The maximum absolute atomic E-state index is 12.7. The Labute approximate surface area is 336 Å². The van der Waals surface area contributed by atoms with E-state index in [2.05, 4.69) is 20.8 Å². The fourth-order valence-corrected chi connectivity index (χ4v) is 7.21. The van der Waals surface area contributed by atoms with Crippen molar-refractivity contribution in [3.63, 3.8) is 0 Å². The Kier molecular flexibility index (Phi) is 42.8. The summed E-state index contributed by atoms with van der Waals surface area (Å²) in [7, 11) is 0. The Balaban J connectivity index is 4.30. The Hall–Kier alpha value is -1.59. The van der Waals surface area contributed by atoms with E-state index in [9.17, 15) is 14.4 Å². The number of unbranched alkanes of at least 4 members (excludes halogenated alkanes) is 33. The van der Waals surface area contributed by atoms with Crippen LogP contribution in [0.4, 0.5) is 0 Å². The molecule has 0 aromatic rings.